The van der Waals surface area contributed by atoms with Crippen molar-refractivity contribution in [3.63, 3.8) is 0 Å². The number of ether oxygens (including phenoxy) is 1. The third kappa shape index (κ3) is 3.38. The summed E-state index contributed by atoms with van der Waals surface area (Å²) in [5, 5.41) is 2.99. The summed E-state index contributed by atoms with van der Waals surface area (Å²) in [6.45, 7) is 4.02. The zero-order chi connectivity index (χ0) is 14.5. The van der Waals surface area contributed by atoms with Gasteiger partial charge in [0.15, 0.2) is 0 Å². The molecule has 0 aromatic heterocycles. The first kappa shape index (κ1) is 14.1. The van der Waals surface area contributed by atoms with E-state index in [0.29, 0.717) is 11.3 Å². The van der Waals surface area contributed by atoms with E-state index in [1.54, 1.807) is 19.2 Å². The van der Waals surface area contributed by atoms with Gasteiger partial charge in [-0.1, -0.05) is 35.9 Å². The van der Waals surface area contributed by atoms with Crippen molar-refractivity contribution in [3.05, 3.63) is 65.2 Å². The topological polar surface area (TPSA) is 38.3 Å². The molecule has 0 fully saturated rings. The van der Waals surface area contributed by atoms with Crippen molar-refractivity contribution in [2.75, 3.05) is 7.11 Å². The van der Waals surface area contributed by atoms with E-state index < -0.39 is 0 Å². The predicted octanol–water partition coefficient (Wildman–Crippen LogP) is 3.49. The highest BCUT2D eigenvalue weighted by molar-refractivity contribution is 5.94. The van der Waals surface area contributed by atoms with E-state index in [1.165, 1.54) is 5.56 Å². The van der Waals surface area contributed by atoms with Crippen LogP contribution in [0.25, 0.3) is 0 Å². The van der Waals surface area contributed by atoms with Crippen molar-refractivity contribution in [3.8, 4) is 5.75 Å². The van der Waals surface area contributed by atoms with Gasteiger partial charge >= 0.3 is 0 Å². The standard InChI is InChI=1S/C17H19NO2/c1-12-7-9-14(10-8-12)13(2)18-17(19)15-5-4-6-16(11-15)20-3/h4-11,13H,1-3H3,(H,18,19)/t13-/m0/s1. The van der Waals surface area contributed by atoms with Crippen LogP contribution in [-0.2, 0) is 0 Å². The SMILES string of the molecule is COc1cccc(C(=O)N[C@@H](C)c2ccc(C)cc2)c1. The lowest BCUT2D eigenvalue weighted by Crippen LogP contribution is -2.26. The number of amides is 1. The summed E-state index contributed by atoms with van der Waals surface area (Å²) in [6.07, 6.45) is 0. The molecule has 0 radical (unpaired) electrons. The van der Waals surface area contributed by atoms with Gasteiger partial charge in [0.05, 0.1) is 13.2 Å². The second-order valence-corrected chi connectivity index (χ2v) is 4.84. The molecule has 3 nitrogen and oxygen atoms in total. The van der Waals surface area contributed by atoms with E-state index in [1.807, 2.05) is 50.2 Å². The van der Waals surface area contributed by atoms with Crippen LogP contribution in [0, 0.1) is 6.92 Å². The van der Waals surface area contributed by atoms with Crippen molar-refractivity contribution < 1.29 is 9.53 Å². The first-order valence-electron chi connectivity index (χ1n) is 6.61. The van der Waals surface area contributed by atoms with Gasteiger partial charge in [-0.05, 0) is 37.6 Å². The maximum absolute atomic E-state index is 12.2. The van der Waals surface area contributed by atoms with Gasteiger partial charge in [0, 0.05) is 5.56 Å². The third-order valence-electron chi connectivity index (χ3n) is 3.26. The number of carbonyl (C=O) groups excluding carboxylic acids is 1. The number of benzene rings is 2. The van der Waals surface area contributed by atoms with Crippen molar-refractivity contribution in [1.82, 2.24) is 5.32 Å². The van der Waals surface area contributed by atoms with Crippen LogP contribution in [-0.4, -0.2) is 13.0 Å². The molecule has 2 aromatic rings. The fraction of sp³-hybridized carbons (Fsp3) is 0.235. The first-order chi connectivity index (χ1) is 9.60. The molecule has 0 bridgehead atoms. The van der Waals surface area contributed by atoms with Gasteiger partial charge in [-0.3, -0.25) is 4.79 Å². The van der Waals surface area contributed by atoms with Gasteiger partial charge in [-0.2, -0.15) is 0 Å². The Kier molecular flexibility index (Phi) is 4.41. The number of rotatable bonds is 4. The second-order valence-electron chi connectivity index (χ2n) is 4.84. The lowest BCUT2D eigenvalue weighted by atomic mass is 10.1. The average molecular weight is 269 g/mol. The molecule has 104 valence electrons. The van der Waals surface area contributed by atoms with Crippen LogP contribution in [0.15, 0.2) is 48.5 Å². The molecular formula is C17H19NO2. The summed E-state index contributed by atoms with van der Waals surface area (Å²) < 4.78 is 5.13. The van der Waals surface area contributed by atoms with Crippen LogP contribution in [0.4, 0.5) is 0 Å². The Balaban J connectivity index is 2.08. The number of methoxy groups -OCH3 is 1. The fourth-order valence-corrected chi connectivity index (χ4v) is 1.98. The van der Waals surface area contributed by atoms with E-state index in [0.717, 1.165) is 5.56 Å². The van der Waals surface area contributed by atoms with Crippen LogP contribution in [0.3, 0.4) is 0 Å². The van der Waals surface area contributed by atoms with Gasteiger partial charge in [-0.15, -0.1) is 0 Å². The summed E-state index contributed by atoms with van der Waals surface area (Å²) in [5.74, 6) is 0.581. The van der Waals surface area contributed by atoms with E-state index in [-0.39, 0.29) is 11.9 Å². The monoisotopic (exact) mass is 269 g/mol. The molecule has 0 aliphatic heterocycles. The molecule has 0 unspecified atom stereocenters. The van der Waals surface area contributed by atoms with Gasteiger partial charge in [-0.25, -0.2) is 0 Å². The minimum atomic E-state index is -0.100. The molecule has 0 saturated carbocycles. The Morgan fingerprint density at radius 3 is 2.50 bits per heavy atom. The highest BCUT2D eigenvalue weighted by atomic mass is 16.5. The van der Waals surface area contributed by atoms with Crippen LogP contribution < -0.4 is 10.1 Å². The maximum atomic E-state index is 12.2. The van der Waals surface area contributed by atoms with Crippen molar-refractivity contribution in [2.45, 2.75) is 19.9 Å². The lowest BCUT2D eigenvalue weighted by Gasteiger charge is -2.15. The number of nitrogens with one attached hydrogen (secondary N) is 1. The molecule has 0 spiro atoms. The fourth-order valence-electron chi connectivity index (χ4n) is 1.98. The largest absolute Gasteiger partial charge is 0.497 e. The molecule has 1 atom stereocenters. The molecule has 2 aromatic carbocycles. The van der Waals surface area contributed by atoms with Gasteiger partial charge in [0.25, 0.3) is 5.91 Å². The summed E-state index contributed by atoms with van der Waals surface area (Å²) in [7, 11) is 1.59. The minimum Gasteiger partial charge on any atom is -0.497 e. The van der Waals surface area contributed by atoms with E-state index in [9.17, 15) is 4.79 Å². The van der Waals surface area contributed by atoms with Crippen molar-refractivity contribution in [1.29, 1.82) is 0 Å². The van der Waals surface area contributed by atoms with Crippen LogP contribution in [0.5, 0.6) is 5.75 Å². The zero-order valence-corrected chi connectivity index (χ0v) is 12.0. The van der Waals surface area contributed by atoms with Crippen LogP contribution in [0.2, 0.25) is 0 Å². The number of hydrogen-bond acceptors (Lipinski definition) is 2. The third-order valence-corrected chi connectivity index (χ3v) is 3.26. The van der Waals surface area contributed by atoms with Gasteiger partial charge in [0.2, 0.25) is 0 Å². The summed E-state index contributed by atoms with van der Waals surface area (Å²) >= 11 is 0. The molecule has 1 N–H and O–H groups in total. The second kappa shape index (κ2) is 6.24. The van der Waals surface area contributed by atoms with Crippen LogP contribution in [0.1, 0.15) is 34.5 Å². The Morgan fingerprint density at radius 2 is 1.85 bits per heavy atom. The number of carbonyl (C=O) groups is 1. The van der Waals surface area contributed by atoms with Gasteiger partial charge in [0.1, 0.15) is 5.75 Å². The highest BCUT2D eigenvalue weighted by Crippen LogP contribution is 2.16. The normalized spacial score (nSPS) is 11.8. The smallest absolute Gasteiger partial charge is 0.251 e. The summed E-state index contributed by atoms with van der Waals surface area (Å²) in [5.41, 5.74) is 2.90. The maximum Gasteiger partial charge on any atom is 0.251 e. The van der Waals surface area contributed by atoms with Crippen LogP contribution >= 0.6 is 0 Å². The molecule has 2 rings (SSSR count). The molecule has 0 saturated heterocycles. The van der Waals surface area contributed by atoms with E-state index in [2.05, 4.69) is 5.32 Å². The van der Waals surface area contributed by atoms with Crippen molar-refractivity contribution in [2.24, 2.45) is 0 Å². The van der Waals surface area contributed by atoms with E-state index in [4.69, 9.17) is 4.74 Å². The quantitative estimate of drug-likeness (QED) is 0.922. The molecular weight excluding hydrogens is 250 g/mol. The highest BCUT2D eigenvalue weighted by Gasteiger charge is 2.11. The molecule has 0 heterocycles. The zero-order valence-electron chi connectivity index (χ0n) is 12.0. The first-order valence-corrected chi connectivity index (χ1v) is 6.61. The minimum absolute atomic E-state index is 0.0331. The summed E-state index contributed by atoms with van der Waals surface area (Å²) in [4.78, 5) is 12.2. The molecule has 0 aliphatic carbocycles. The Bertz CT molecular complexity index is 590. The summed E-state index contributed by atoms with van der Waals surface area (Å²) in [6, 6.07) is 15.3. The molecule has 20 heavy (non-hydrogen) atoms. The molecule has 0 aliphatic rings. The van der Waals surface area contributed by atoms with E-state index >= 15 is 0 Å². The average Bonchev–Trinajstić information content (AvgIpc) is 2.47. The molecule has 1 amide bonds. The predicted molar refractivity (Wildman–Crippen MR) is 80.1 cm³/mol. The number of aryl methyl sites for hydroxylation is 1. The van der Waals surface area contributed by atoms with Crippen molar-refractivity contribution >= 4 is 5.91 Å². The Morgan fingerprint density at radius 1 is 1.15 bits per heavy atom. The van der Waals surface area contributed by atoms with Gasteiger partial charge < -0.3 is 10.1 Å². The Hall–Kier alpha value is -2.29. The molecule has 3 heteroatoms. The number of hydrogen-bond donors (Lipinski definition) is 1. The Labute approximate surface area is 119 Å². The lowest BCUT2D eigenvalue weighted by molar-refractivity contribution is 0.0939.